The summed E-state index contributed by atoms with van der Waals surface area (Å²) in [5, 5.41) is 2.49. The third-order valence-electron chi connectivity index (χ3n) is 7.95. The van der Waals surface area contributed by atoms with Gasteiger partial charge in [-0.3, -0.25) is 0 Å². The predicted molar refractivity (Wildman–Crippen MR) is 154 cm³/mol. The smallest absolute Gasteiger partial charge is 0.159 e. The normalized spacial score (nSPS) is 13.9. The van der Waals surface area contributed by atoms with E-state index in [1.54, 1.807) is 0 Å². The van der Waals surface area contributed by atoms with Crippen molar-refractivity contribution in [2.75, 3.05) is 0 Å². The van der Waals surface area contributed by atoms with Crippen LogP contribution in [0.4, 0.5) is 0 Å². The summed E-state index contributed by atoms with van der Waals surface area (Å²) < 4.78 is 7.13. The van der Waals surface area contributed by atoms with Gasteiger partial charge in [0.15, 0.2) is 18.6 Å². The molecule has 8 rings (SSSR count). The van der Waals surface area contributed by atoms with Crippen LogP contribution in [0.25, 0.3) is 50.1 Å². The minimum absolute atomic E-state index is 0.0302. The first-order chi connectivity index (χ1) is 19.4. The summed E-state index contributed by atoms with van der Waals surface area (Å²) >= 11 is 0. The minimum atomic E-state index is 0.0302. The Hall–Kier alpha value is -5.15. The van der Waals surface area contributed by atoms with E-state index in [-0.39, 0.29) is 6.17 Å². The second kappa shape index (κ2) is 8.71. The van der Waals surface area contributed by atoms with E-state index in [0.717, 1.165) is 0 Å². The van der Waals surface area contributed by atoms with E-state index < -0.39 is 0 Å². The number of hydrogen-bond acceptors (Lipinski definition) is 0. The van der Waals surface area contributed by atoms with E-state index in [9.17, 15) is 0 Å². The van der Waals surface area contributed by atoms with Gasteiger partial charge in [0, 0.05) is 42.5 Å². The average Bonchev–Trinajstić information content (AvgIpc) is 3.35. The largest absolute Gasteiger partial charge is 0.381 e. The van der Waals surface area contributed by atoms with Gasteiger partial charge >= 0.3 is 6.17 Å². The molecule has 1 aliphatic heterocycles. The van der Waals surface area contributed by atoms with E-state index in [1.165, 1.54) is 55.6 Å². The molecule has 0 spiro atoms. The van der Waals surface area contributed by atoms with E-state index in [1.807, 2.05) is 0 Å². The molecule has 5 heterocycles. The predicted octanol–water partition coefficient (Wildman–Crippen LogP) is 6.56. The lowest BCUT2D eigenvalue weighted by Gasteiger charge is -2.11. The number of rotatable bonds is 3. The number of pyridine rings is 4. The standard InChI is InChI=1S/C36H26N3/c1-2-14-27-26(13-1)25-35(37-22-10-7-19-32(27)37)29-16-4-3-15-28(29)33-20-8-11-23-38(33)36-31-18-6-5-17-30(31)34-21-9-12-24-39(34)36/h1-25,36H/q+3. The highest BCUT2D eigenvalue weighted by molar-refractivity contribution is 5.96. The molecule has 3 aromatic carbocycles. The molecule has 1 aliphatic rings. The van der Waals surface area contributed by atoms with Gasteiger partial charge in [0.05, 0.1) is 22.1 Å². The SMILES string of the molecule is c1ccc(-c2cc3ccccc3c3cccc[n+]23)c(-c2cccc[n+]2C2c3ccccc3-c3cccc[n+]32)c1. The fraction of sp³-hybridized carbons (Fsp3) is 0.0278. The van der Waals surface area contributed by atoms with Crippen LogP contribution in [0.15, 0.2) is 152 Å². The van der Waals surface area contributed by atoms with Crippen molar-refractivity contribution < 1.29 is 13.5 Å². The topological polar surface area (TPSA) is 11.9 Å². The Bertz CT molecular complexity index is 2000. The quantitative estimate of drug-likeness (QED) is 0.192. The molecule has 3 heteroatoms. The number of hydrogen-bond donors (Lipinski definition) is 0. The Morgan fingerprint density at radius 1 is 0.436 bits per heavy atom. The zero-order chi connectivity index (χ0) is 25.8. The summed E-state index contributed by atoms with van der Waals surface area (Å²) in [6, 6.07) is 48.0. The lowest BCUT2D eigenvalue weighted by atomic mass is 9.97. The molecule has 0 saturated carbocycles. The summed E-state index contributed by atoms with van der Waals surface area (Å²) in [7, 11) is 0. The minimum Gasteiger partial charge on any atom is -0.159 e. The Morgan fingerprint density at radius 2 is 1.00 bits per heavy atom. The zero-order valence-electron chi connectivity index (χ0n) is 21.4. The van der Waals surface area contributed by atoms with Gasteiger partial charge in [0.2, 0.25) is 22.6 Å². The molecule has 3 nitrogen and oxygen atoms in total. The molecular weight excluding hydrogens is 474 g/mol. The van der Waals surface area contributed by atoms with Crippen LogP contribution in [-0.2, 0) is 0 Å². The summed E-state index contributed by atoms with van der Waals surface area (Å²) in [6.07, 6.45) is 6.62. The molecule has 1 atom stereocenters. The molecule has 39 heavy (non-hydrogen) atoms. The summed E-state index contributed by atoms with van der Waals surface area (Å²) in [6.45, 7) is 0. The molecule has 0 amide bonds. The van der Waals surface area contributed by atoms with Crippen LogP contribution in [0.2, 0.25) is 0 Å². The first-order valence-corrected chi connectivity index (χ1v) is 13.4. The Kier molecular flexibility index (Phi) is 4.89. The van der Waals surface area contributed by atoms with Gasteiger partial charge in [-0.2, -0.15) is 4.40 Å². The fourth-order valence-corrected chi connectivity index (χ4v) is 6.27. The van der Waals surface area contributed by atoms with Crippen molar-refractivity contribution in [3.8, 4) is 33.8 Å². The van der Waals surface area contributed by atoms with E-state index in [4.69, 9.17) is 0 Å². The maximum Gasteiger partial charge on any atom is 0.381 e. The highest BCUT2D eigenvalue weighted by atomic mass is 15.2. The average molecular weight is 501 g/mol. The van der Waals surface area contributed by atoms with Gasteiger partial charge in [-0.1, -0.05) is 42.5 Å². The number of aromatic nitrogens is 3. The monoisotopic (exact) mass is 500 g/mol. The highest BCUT2D eigenvalue weighted by Crippen LogP contribution is 2.35. The van der Waals surface area contributed by atoms with Crippen molar-refractivity contribution in [3.63, 3.8) is 0 Å². The van der Waals surface area contributed by atoms with Crippen molar-refractivity contribution in [2.24, 2.45) is 0 Å². The van der Waals surface area contributed by atoms with Crippen molar-refractivity contribution in [2.45, 2.75) is 6.17 Å². The van der Waals surface area contributed by atoms with Crippen molar-refractivity contribution in [1.29, 1.82) is 0 Å². The maximum atomic E-state index is 2.42. The van der Waals surface area contributed by atoms with Gasteiger partial charge in [0.25, 0.3) is 0 Å². The Morgan fingerprint density at radius 3 is 1.79 bits per heavy atom. The van der Waals surface area contributed by atoms with Gasteiger partial charge in [-0.15, -0.1) is 9.13 Å². The second-order valence-electron chi connectivity index (χ2n) is 10.1. The molecule has 0 saturated heterocycles. The van der Waals surface area contributed by atoms with Gasteiger partial charge in [-0.25, -0.2) is 0 Å². The van der Waals surface area contributed by atoms with Crippen molar-refractivity contribution >= 4 is 16.3 Å². The van der Waals surface area contributed by atoms with Gasteiger partial charge in [0.1, 0.15) is 5.56 Å². The molecule has 0 radical (unpaired) electrons. The first kappa shape index (κ1) is 21.9. The molecule has 182 valence electrons. The number of fused-ring (bicyclic) bond motifs is 6. The highest BCUT2D eigenvalue weighted by Gasteiger charge is 2.44. The van der Waals surface area contributed by atoms with E-state index >= 15 is 0 Å². The van der Waals surface area contributed by atoms with Gasteiger partial charge < -0.3 is 0 Å². The molecule has 4 aromatic heterocycles. The molecule has 1 unspecified atom stereocenters. The summed E-state index contributed by atoms with van der Waals surface area (Å²) in [5.74, 6) is 0. The molecule has 7 aromatic rings. The molecule has 0 aliphatic carbocycles. The summed E-state index contributed by atoms with van der Waals surface area (Å²) in [4.78, 5) is 0. The Balaban J connectivity index is 1.40. The fourth-order valence-electron chi connectivity index (χ4n) is 6.27. The van der Waals surface area contributed by atoms with Crippen LogP contribution in [0.5, 0.6) is 0 Å². The van der Waals surface area contributed by atoms with Crippen LogP contribution in [-0.4, -0.2) is 0 Å². The van der Waals surface area contributed by atoms with Gasteiger partial charge in [-0.05, 0) is 53.9 Å². The van der Waals surface area contributed by atoms with Crippen molar-refractivity contribution in [1.82, 2.24) is 0 Å². The van der Waals surface area contributed by atoms with Crippen LogP contribution in [0, 0.1) is 0 Å². The molecule has 0 fully saturated rings. The molecular formula is C36H26N3+3. The second-order valence-corrected chi connectivity index (χ2v) is 10.1. The molecule has 0 N–H and O–H groups in total. The zero-order valence-corrected chi connectivity index (χ0v) is 21.4. The van der Waals surface area contributed by atoms with E-state index in [0.29, 0.717) is 0 Å². The lowest BCUT2D eigenvalue weighted by molar-refractivity contribution is -0.920. The summed E-state index contributed by atoms with van der Waals surface area (Å²) in [5.41, 5.74) is 9.80. The molecule has 0 bridgehead atoms. The number of nitrogens with zero attached hydrogens (tertiary/aromatic N) is 3. The van der Waals surface area contributed by atoms with Crippen molar-refractivity contribution in [3.05, 3.63) is 158 Å². The lowest BCUT2D eigenvalue weighted by Crippen LogP contribution is -2.56. The van der Waals surface area contributed by atoms with Crippen LogP contribution in [0.3, 0.4) is 0 Å². The van der Waals surface area contributed by atoms with E-state index in [2.05, 4.69) is 166 Å². The van der Waals surface area contributed by atoms with Crippen LogP contribution < -0.4 is 13.5 Å². The number of benzene rings is 3. The maximum absolute atomic E-state index is 2.42. The third-order valence-corrected chi connectivity index (χ3v) is 7.95. The van der Waals surface area contributed by atoms with Crippen LogP contribution >= 0.6 is 0 Å². The first-order valence-electron chi connectivity index (χ1n) is 13.4. The third kappa shape index (κ3) is 3.33. The van der Waals surface area contributed by atoms with Crippen LogP contribution in [0.1, 0.15) is 11.7 Å². The Labute approximate surface area is 227 Å².